The lowest BCUT2D eigenvalue weighted by Crippen LogP contribution is -2.33. The summed E-state index contributed by atoms with van der Waals surface area (Å²) in [5.74, 6) is -2.00. The third kappa shape index (κ3) is 3.85. The highest BCUT2D eigenvalue weighted by atomic mass is 32.2. The molecule has 0 unspecified atom stereocenters. The van der Waals surface area contributed by atoms with Gasteiger partial charge in [0.2, 0.25) is 10.0 Å². The van der Waals surface area contributed by atoms with E-state index in [0.29, 0.717) is 6.54 Å². The van der Waals surface area contributed by atoms with Crippen molar-refractivity contribution in [3.63, 3.8) is 0 Å². The standard InChI is InChI=1S/C17H24N2O5S/c1-11(2)18(4)25(23,24)14-7-5-6-13(8-14)16(20)19-9-12(3)15(10-19)17(21)22/h5-8,11-12,15H,9-10H2,1-4H3,(H,21,22)/t12-,15-/m1/s1. The van der Waals surface area contributed by atoms with Gasteiger partial charge in [0.05, 0.1) is 10.8 Å². The fourth-order valence-corrected chi connectivity index (χ4v) is 4.28. The number of likely N-dealkylation sites (tertiary alicyclic amines) is 1. The number of hydrogen-bond acceptors (Lipinski definition) is 4. The Morgan fingerprint density at radius 3 is 2.44 bits per heavy atom. The van der Waals surface area contributed by atoms with Crippen molar-refractivity contribution in [3.05, 3.63) is 29.8 Å². The van der Waals surface area contributed by atoms with Gasteiger partial charge in [0.15, 0.2) is 0 Å². The van der Waals surface area contributed by atoms with Crippen molar-refractivity contribution in [3.8, 4) is 0 Å². The lowest BCUT2D eigenvalue weighted by atomic mass is 9.99. The molecule has 0 spiro atoms. The van der Waals surface area contributed by atoms with Gasteiger partial charge in [0.1, 0.15) is 0 Å². The van der Waals surface area contributed by atoms with Crippen LogP contribution in [-0.2, 0) is 14.8 Å². The second-order valence-corrected chi connectivity index (χ2v) is 8.77. The summed E-state index contributed by atoms with van der Waals surface area (Å²) in [6.45, 7) is 5.82. The summed E-state index contributed by atoms with van der Waals surface area (Å²) in [4.78, 5) is 25.4. The first-order valence-electron chi connectivity index (χ1n) is 8.16. The van der Waals surface area contributed by atoms with E-state index >= 15 is 0 Å². The smallest absolute Gasteiger partial charge is 0.308 e. The second kappa shape index (κ2) is 7.13. The quantitative estimate of drug-likeness (QED) is 0.850. The van der Waals surface area contributed by atoms with Gasteiger partial charge in [-0.3, -0.25) is 9.59 Å². The average Bonchev–Trinajstić information content (AvgIpc) is 2.95. The fourth-order valence-electron chi connectivity index (χ4n) is 2.87. The minimum Gasteiger partial charge on any atom is -0.481 e. The molecule has 1 aromatic carbocycles. The molecule has 1 amide bonds. The maximum atomic E-state index is 12.7. The number of aliphatic carboxylic acids is 1. The summed E-state index contributed by atoms with van der Waals surface area (Å²) in [5.41, 5.74) is 0.247. The van der Waals surface area contributed by atoms with Crippen LogP contribution >= 0.6 is 0 Å². The van der Waals surface area contributed by atoms with Gasteiger partial charge in [-0.1, -0.05) is 13.0 Å². The largest absolute Gasteiger partial charge is 0.481 e. The van der Waals surface area contributed by atoms with E-state index in [0.717, 1.165) is 0 Å². The molecule has 1 saturated heterocycles. The molecule has 2 rings (SSSR count). The number of carbonyl (C=O) groups is 2. The molecule has 0 aliphatic carbocycles. The van der Waals surface area contributed by atoms with E-state index in [2.05, 4.69) is 0 Å². The molecular weight excluding hydrogens is 344 g/mol. The van der Waals surface area contributed by atoms with Gasteiger partial charge in [-0.15, -0.1) is 0 Å². The number of carboxylic acids is 1. The topological polar surface area (TPSA) is 95.0 Å². The van der Waals surface area contributed by atoms with Crippen LogP contribution in [0.2, 0.25) is 0 Å². The lowest BCUT2D eigenvalue weighted by Gasteiger charge is -2.21. The summed E-state index contributed by atoms with van der Waals surface area (Å²) < 4.78 is 26.4. The molecule has 0 bridgehead atoms. The van der Waals surface area contributed by atoms with E-state index in [1.807, 2.05) is 0 Å². The predicted octanol–water partition coefficient (Wildman–Crippen LogP) is 1.51. The number of carbonyl (C=O) groups excluding carboxylic acids is 1. The first-order valence-corrected chi connectivity index (χ1v) is 9.60. The zero-order valence-electron chi connectivity index (χ0n) is 14.8. The maximum absolute atomic E-state index is 12.7. The average molecular weight is 368 g/mol. The lowest BCUT2D eigenvalue weighted by molar-refractivity contribution is -0.142. The second-order valence-electron chi connectivity index (χ2n) is 6.77. The van der Waals surface area contributed by atoms with E-state index < -0.39 is 21.9 Å². The number of amides is 1. The van der Waals surface area contributed by atoms with Crippen molar-refractivity contribution in [1.29, 1.82) is 0 Å². The molecule has 0 aromatic heterocycles. The van der Waals surface area contributed by atoms with E-state index in [4.69, 9.17) is 0 Å². The molecule has 1 heterocycles. The van der Waals surface area contributed by atoms with Crippen LogP contribution < -0.4 is 0 Å². The Kier molecular flexibility index (Phi) is 5.53. The van der Waals surface area contributed by atoms with E-state index in [9.17, 15) is 23.1 Å². The molecule has 1 aliphatic heterocycles. The van der Waals surface area contributed by atoms with Crippen LogP contribution in [0.25, 0.3) is 0 Å². The number of rotatable bonds is 5. The number of nitrogens with zero attached hydrogens (tertiary/aromatic N) is 2. The van der Waals surface area contributed by atoms with Gasteiger partial charge >= 0.3 is 5.97 Å². The van der Waals surface area contributed by atoms with Crippen molar-refractivity contribution in [2.45, 2.75) is 31.7 Å². The van der Waals surface area contributed by atoms with Crippen molar-refractivity contribution < 1.29 is 23.1 Å². The normalized spacial score (nSPS) is 21.1. The van der Waals surface area contributed by atoms with Gasteiger partial charge < -0.3 is 10.0 Å². The van der Waals surface area contributed by atoms with Gasteiger partial charge in [0, 0.05) is 31.7 Å². The van der Waals surface area contributed by atoms with Crippen LogP contribution in [-0.4, -0.2) is 60.8 Å². The first kappa shape index (κ1) is 19.4. The summed E-state index contributed by atoms with van der Waals surface area (Å²) >= 11 is 0. The minimum atomic E-state index is -3.68. The van der Waals surface area contributed by atoms with Gasteiger partial charge in [-0.25, -0.2) is 8.42 Å². The molecule has 0 saturated carbocycles. The molecule has 1 aromatic rings. The number of hydrogen-bond donors (Lipinski definition) is 1. The zero-order valence-corrected chi connectivity index (χ0v) is 15.7. The fraction of sp³-hybridized carbons (Fsp3) is 0.529. The molecule has 0 radical (unpaired) electrons. The molecular formula is C17H24N2O5S. The van der Waals surface area contributed by atoms with Crippen LogP contribution in [0.5, 0.6) is 0 Å². The van der Waals surface area contributed by atoms with Crippen molar-refractivity contribution in [1.82, 2.24) is 9.21 Å². The number of sulfonamides is 1. The Bertz CT molecular complexity index is 775. The van der Waals surface area contributed by atoms with Crippen LogP contribution in [0, 0.1) is 11.8 Å². The highest BCUT2D eigenvalue weighted by Gasteiger charge is 2.37. The Balaban J connectivity index is 2.28. The predicted molar refractivity (Wildman–Crippen MR) is 92.7 cm³/mol. The monoisotopic (exact) mass is 368 g/mol. The zero-order chi connectivity index (χ0) is 18.9. The Labute approximate surface area is 148 Å². The number of benzene rings is 1. The van der Waals surface area contributed by atoms with Gasteiger partial charge in [0.25, 0.3) is 5.91 Å². The molecule has 138 valence electrons. The Morgan fingerprint density at radius 1 is 1.28 bits per heavy atom. The summed E-state index contributed by atoms with van der Waals surface area (Å²) in [6, 6.07) is 5.69. The van der Waals surface area contributed by atoms with Crippen LogP contribution in [0.3, 0.4) is 0 Å². The summed E-state index contributed by atoms with van der Waals surface area (Å²) in [5, 5.41) is 9.19. The first-order chi connectivity index (χ1) is 11.6. The third-order valence-electron chi connectivity index (χ3n) is 4.70. The van der Waals surface area contributed by atoms with Crippen LogP contribution in [0.1, 0.15) is 31.1 Å². The van der Waals surface area contributed by atoms with E-state index in [1.165, 1.54) is 34.5 Å². The molecule has 8 heteroatoms. The van der Waals surface area contributed by atoms with E-state index in [-0.39, 0.29) is 34.9 Å². The van der Waals surface area contributed by atoms with Gasteiger partial charge in [-0.2, -0.15) is 4.31 Å². The van der Waals surface area contributed by atoms with Crippen molar-refractivity contribution >= 4 is 21.9 Å². The molecule has 25 heavy (non-hydrogen) atoms. The van der Waals surface area contributed by atoms with Crippen molar-refractivity contribution in [2.24, 2.45) is 11.8 Å². The van der Waals surface area contributed by atoms with Crippen LogP contribution in [0.15, 0.2) is 29.2 Å². The number of carboxylic acid groups (broad SMARTS) is 1. The summed E-state index contributed by atoms with van der Waals surface area (Å²) in [7, 11) is -2.19. The highest BCUT2D eigenvalue weighted by Crippen LogP contribution is 2.25. The molecule has 2 atom stereocenters. The highest BCUT2D eigenvalue weighted by molar-refractivity contribution is 7.89. The van der Waals surface area contributed by atoms with E-state index in [1.54, 1.807) is 26.8 Å². The Morgan fingerprint density at radius 2 is 1.92 bits per heavy atom. The maximum Gasteiger partial charge on any atom is 0.308 e. The molecule has 7 nitrogen and oxygen atoms in total. The third-order valence-corrected chi connectivity index (χ3v) is 6.73. The molecule has 1 aliphatic rings. The minimum absolute atomic E-state index is 0.0524. The molecule has 1 fully saturated rings. The van der Waals surface area contributed by atoms with Crippen LogP contribution in [0.4, 0.5) is 0 Å². The summed E-state index contributed by atoms with van der Waals surface area (Å²) in [6.07, 6.45) is 0. The Hall–Kier alpha value is -1.93. The SMILES string of the molecule is CC(C)N(C)S(=O)(=O)c1cccc(C(=O)N2C[C@@H](C)[C@H](C(=O)O)C2)c1. The van der Waals surface area contributed by atoms with Gasteiger partial charge in [-0.05, 0) is 38.0 Å². The van der Waals surface area contributed by atoms with Crippen molar-refractivity contribution in [2.75, 3.05) is 20.1 Å². The molecule has 1 N–H and O–H groups in total.